The van der Waals surface area contributed by atoms with Crippen molar-refractivity contribution in [3.63, 3.8) is 0 Å². The minimum absolute atomic E-state index is 0.102. The molecule has 0 amide bonds. The highest BCUT2D eigenvalue weighted by Gasteiger charge is 2.25. The Morgan fingerprint density at radius 3 is 2.85 bits per heavy atom. The second-order valence-electron chi connectivity index (χ2n) is 3.18. The van der Waals surface area contributed by atoms with E-state index >= 15 is 0 Å². The third kappa shape index (κ3) is 1.14. The van der Waals surface area contributed by atoms with Crippen molar-refractivity contribution in [1.82, 2.24) is 0 Å². The summed E-state index contributed by atoms with van der Waals surface area (Å²) in [5.74, 6) is -0.217. The number of benzene rings is 1. The molecule has 1 aliphatic rings. The average molecular weight is 179 g/mol. The Bertz CT molecular complexity index is 373. The number of nitro groups is 1. The number of fused-ring (bicyclic) bond motifs is 1. The minimum atomic E-state index is -0.501. The Hall–Kier alpha value is -1.58. The van der Waals surface area contributed by atoms with Crippen LogP contribution in [0.4, 0.5) is 5.69 Å². The molecule has 13 heavy (non-hydrogen) atoms. The molecule has 1 aromatic carbocycles. The molecule has 0 saturated carbocycles. The lowest BCUT2D eigenvalue weighted by molar-refractivity contribution is -0.386. The summed E-state index contributed by atoms with van der Waals surface area (Å²) in [7, 11) is 0. The van der Waals surface area contributed by atoms with Crippen LogP contribution in [-0.2, 0) is 12.8 Å². The van der Waals surface area contributed by atoms with E-state index in [2.05, 4.69) is 0 Å². The van der Waals surface area contributed by atoms with Gasteiger partial charge in [-0.15, -0.1) is 0 Å². The fraction of sp³-hybridized carbons (Fsp3) is 0.333. The summed E-state index contributed by atoms with van der Waals surface area (Å²) in [6.07, 6.45) is 2.54. The maximum absolute atomic E-state index is 10.6. The van der Waals surface area contributed by atoms with Crippen molar-refractivity contribution in [2.45, 2.75) is 19.3 Å². The molecular formula is C9H9NO3. The van der Waals surface area contributed by atoms with E-state index in [1.165, 1.54) is 6.07 Å². The topological polar surface area (TPSA) is 63.4 Å². The van der Waals surface area contributed by atoms with Crippen molar-refractivity contribution in [3.8, 4) is 5.75 Å². The lowest BCUT2D eigenvalue weighted by atomic mass is 10.1. The number of nitro benzene ring substituents is 1. The maximum atomic E-state index is 10.6. The highest BCUT2D eigenvalue weighted by molar-refractivity contribution is 5.56. The number of aromatic hydroxyl groups is 1. The summed E-state index contributed by atoms with van der Waals surface area (Å²) in [6, 6.07) is 3.17. The zero-order valence-electron chi connectivity index (χ0n) is 6.99. The molecule has 0 atom stereocenters. The number of phenolic OH excluding ortho intramolecular Hbond substituents is 1. The summed E-state index contributed by atoms with van der Waals surface area (Å²) in [6.45, 7) is 0. The Morgan fingerprint density at radius 2 is 2.15 bits per heavy atom. The van der Waals surface area contributed by atoms with Crippen LogP contribution in [0.1, 0.15) is 17.5 Å². The van der Waals surface area contributed by atoms with E-state index in [1.54, 1.807) is 6.07 Å². The van der Waals surface area contributed by atoms with Crippen molar-refractivity contribution >= 4 is 5.69 Å². The second kappa shape index (κ2) is 2.73. The quantitative estimate of drug-likeness (QED) is 0.528. The Balaban J connectivity index is 2.65. The molecule has 4 nitrogen and oxygen atoms in total. The SMILES string of the molecule is O=[N+]([O-])c1c(O)ccc2c1CCC2. The van der Waals surface area contributed by atoms with Crippen molar-refractivity contribution in [2.75, 3.05) is 0 Å². The van der Waals surface area contributed by atoms with E-state index in [0.29, 0.717) is 12.0 Å². The molecule has 0 saturated heterocycles. The molecule has 0 aliphatic heterocycles. The lowest BCUT2D eigenvalue weighted by Gasteiger charge is -2.01. The molecule has 0 radical (unpaired) electrons. The fourth-order valence-corrected chi connectivity index (χ4v) is 1.84. The number of phenols is 1. The van der Waals surface area contributed by atoms with Gasteiger partial charge < -0.3 is 5.11 Å². The first-order valence-corrected chi connectivity index (χ1v) is 4.18. The molecule has 0 heterocycles. The van der Waals surface area contributed by atoms with Crippen LogP contribution in [0.15, 0.2) is 12.1 Å². The average Bonchev–Trinajstić information content (AvgIpc) is 2.50. The van der Waals surface area contributed by atoms with Gasteiger partial charge in [-0.05, 0) is 30.9 Å². The maximum Gasteiger partial charge on any atom is 0.314 e. The molecule has 1 N–H and O–H groups in total. The molecule has 0 unspecified atom stereocenters. The molecule has 68 valence electrons. The van der Waals surface area contributed by atoms with E-state index in [0.717, 1.165) is 18.4 Å². The van der Waals surface area contributed by atoms with Gasteiger partial charge in [0.1, 0.15) is 0 Å². The van der Waals surface area contributed by atoms with Gasteiger partial charge in [-0.2, -0.15) is 0 Å². The van der Waals surface area contributed by atoms with E-state index < -0.39 is 4.92 Å². The first-order valence-electron chi connectivity index (χ1n) is 4.18. The molecule has 0 fully saturated rings. The Kier molecular flexibility index (Phi) is 1.69. The molecule has 1 aliphatic carbocycles. The largest absolute Gasteiger partial charge is 0.502 e. The molecular weight excluding hydrogens is 170 g/mol. The number of hydrogen-bond acceptors (Lipinski definition) is 3. The fourth-order valence-electron chi connectivity index (χ4n) is 1.84. The molecule has 0 aromatic heterocycles. The predicted molar refractivity (Wildman–Crippen MR) is 46.8 cm³/mol. The number of nitrogens with zero attached hydrogens (tertiary/aromatic N) is 1. The Morgan fingerprint density at radius 1 is 1.38 bits per heavy atom. The van der Waals surface area contributed by atoms with Gasteiger partial charge in [0.25, 0.3) is 0 Å². The molecule has 4 heteroatoms. The predicted octanol–water partition coefficient (Wildman–Crippen LogP) is 1.79. The molecule has 0 spiro atoms. The molecule has 1 aromatic rings. The van der Waals surface area contributed by atoms with Crippen LogP contribution < -0.4 is 0 Å². The van der Waals surface area contributed by atoms with E-state index in [1.807, 2.05) is 0 Å². The lowest BCUT2D eigenvalue weighted by Crippen LogP contribution is -1.95. The van der Waals surface area contributed by atoms with Crippen LogP contribution in [0, 0.1) is 10.1 Å². The standard InChI is InChI=1S/C9H9NO3/c11-8-5-4-6-2-1-3-7(6)9(8)10(12)13/h4-5,11H,1-3H2. The van der Waals surface area contributed by atoms with Crippen LogP contribution in [-0.4, -0.2) is 10.0 Å². The third-order valence-corrected chi connectivity index (χ3v) is 2.41. The number of aryl methyl sites for hydroxylation is 1. The summed E-state index contributed by atoms with van der Waals surface area (Å²) in [5, 5.41) is 19.9. The van der Waals surface area contributed by atoms with Crippen molar-refractivity contribution in [3.05, 3.63) is 33.4 Å². The normalized spacial score (nSPS) is 14.2. The van der Waals surface area contributed by atoms with Gasteiger partial charge >= 0.3 is 5.69 Å². The van der Waals surface area contributed by atoms with Crippen LogP contribution in [0.25, 0.3) is 0 Å². The minimum Gasteiger partial charge on any atom is -0.502 e. The number of hydrogen-bond donors (Lipinski definition) is 1. The van der Waals surface area contributed by atoms with Gasteiger partial charge in [-0.25, -0.2) is 0 Å². The van der Waals surface area contributed by atoms with E-state index in [-0.39, 0.29) is 11.4 Å². The van der Waals surface area contributed by atoms with Crippen molar-refractivity contribution in [1.29, 1.82) is 0 Å². The summed E-state index contributed by atoms with van der Waals surface area (Å²) in [5.41, 5.74) is 1.62. The molecule has 2 rings (SSSR count). The number of rotatable bonds is 1. The van der Waals surface area contributed by atoms with Crippen LogP contribution in [0.2, 0.25) is 0 Å². The van der Waals surface area contributed by atoms with Crippen molar-refractivity contribution < 1.29 is 10.0 Å². The molecule has 0 bridgehead atoms. The van der Waals surface area contributed by atoms with Crippen LogP contribution >= 0.6 is 0 Å². The van der Waals surface area contributed by atoms with Crippen LogP contribution in [0.5, 0.6) is 5.75 Å². The van der Waals surface area contributed by atoms with Gasteiger partial charge in [0.2, 0.25) is 0 Å². The monoisotopic (exact) mass is 179 g/mol. The van der Waals surface area contributed by atoms with E-state index in [4.69, 9.17) is 0 Å². The van der Waals surface area contributed by atoms with Gasteiger partial charge in [0, 0.05) is 5.56 Å². The first kappa shape index (κ1) is 8.04. The van der Waals surface area contributed by atoms with Crippen LogP contribution in [0.3, 0.4) is 0 Å². The smallest absolute Gasteiger partial charge is 0.314 e. The van der Waals surface area contributed by atoms with Gasteiger partial charge in [-0.1, -0.05) is 6.07 Å². The highest BCUT2D eigenvalue weighted by atomic mass is 16.6. The van der Waals surface area contributed by atoms with E-state index in [9.17, 15) is 15.2 Å². The zero-order valence-corrected chi connectivity index (χ0v) is 6.99. The zero-order chi connectivity index (χ0) is 9.42. The van der Waals surface area contributed by atoms with Crippen molar-refractivity contribution in [2.24, 2.45) is 0 Å². The van der Waals surface area contributed by atoms with Gasteiger partial charge in [0.15, 0.2) is 5.75 Å². The Labute approximate surface area is 75.0 Å². The summed E-state index contributed by atoms with van der Waals surface area (Å²) < 4.78 is 0. The van der Waals surface area contributed by atoms with Gasteiger partial charge in [0.05, 0.1) is 4.92 Å². The summed E-state index contributed by atoms with van der Waals surface area (Å²) >= 11 is 0. The highest BCUT2D eigenvalue weighted by Crippen LogP contribution is 2.36. The first-order chi connectivity index (χ1) is 6.20. The summed E-state index contributed by atoms with van der Waals surface area (Å²) in [4.78, 5) is 10.1. The second-order valence-corrected chi connectivity index (χ2v) is 3.18. The third-order valence-electron chi connectivity index (χ3n) is 2.41. The van der Waals surface area contributed by atoms with Gasteiger partial charge in [-0.3, -0.25) is 10.1 Å².